The number of rotatable bonds is 9. The molecule has 6 heteroatoms. The van der Waals surface area contributed by atoms with Gasteiger partial charge in [0.2, 0.25) is 0 Å². The number of nitrogens with one attached hydrogen (secondary N) is 2. The Morgan fingerprint density at radius 3 is 2.95 bits per heavy atom. The standard InChI is InChI=1S/C13H23N3O2S/c1-4-16-13(2,11(17)18-3)7-5-6-10-19-12-14-8-9-15-12/h8-9,16H,4-7,10H2,1-3H3,(H,14,15). The van der Waals surface area contributed by atoms with Gasteiger partial charge in [-0.2, -0.15) is 0 Å². The first-order valence-electron chi connectivity index (χ1n) is 6.58. The average molecular weight is 285 g/mol. The maximum atomic E-state index is 11.8. The maximum absolute atomic E-state index is 11.8. The molecular formula is C13H23N3O2S. The van der Waals surface area contributed by atoms with Crippen molar-refractivity contribution in [3.63, 3.8) is 0 Å². The number of hydrogen-bond donors (Lipinski definition) is 2. The number of aromatic nitrogens is 2. The predicted molar refractivity (Wildman–Crippen MR) is 77.3 cm³/mol. The number of methoxy groups -OCH3 is 1. The van der Waals surface area contributed by atoms with E-state index in [4.69, 9.17) is 4.74 Å². The number of nitrogens with zero attached hydrogens (tertiary/aromatic N) is 1. The van der Waals surface area contributed by atoms with Crippen molar-refractivity contribution in [2.24, 2.45) is 0 Å². The first-order chi connectivity index (χ1) is 9.12. The normalized spacial score (nSPS) is 14.1. The quantitative estimate of drug-likeness (QED) is 0.414. The molecule has 0 aliphatic heterocycles. The molecule has 1 aromatic heterocycles. The number of likely N-dealkylation sites (N-methyl/N-ethyl adjacent to an activating group) is 1. The number of ether oxygens (including phenoxy) is 1. The summed E-state index contributed by atoms with van der Waals surface area (Å²) in [7, 11) is 1.44. The van der Waals surface area contributed by atoms with Crippen LogP contribution in [0.2, 0.25) is 0 Å². The molecule has 1 unspecified atom stereocenters. The molecular weight excluding hydrogens is 262 g/mol. The zero-order chi connectivity index (χ0) is 14.1. The number of carbonyl (C=O) groups excluding carboxylic acids is 1. The Kier molecular flexibility index (Phi) is 6.94. The molecule has 5 nitrogen and oxygen atoms in total. The summed E-state index contributed by atoms with van der Waals surface area (Å²) in [6.45, 7) is 4.66. The topological polar surface area (TPSA) is 67.0 Å². The van der Waals surface area contributed by atoms with Gasteiger partial charge < -0.3 is 15.0 Å². The number of thioether (sulfide) groups is 1. The summed E-state index contributed by atoms with van der Waals surface area (Å²) in [4.78, 5) is 19.0. The SMILES string of the molecule is CCNC(C)(CCCCSc1ncc[nH]1)C(=O)OC. The molecule has 0 amide bonds. The second-order valence-corrected chi connectivity index (χ2v) is 5.64. The Balaban J connectivity index is 2.26. The Morgan fingerprint density at radius 1 is 1.58 bits per heavy atom. The summed E-state index contributed by atoms with van der Waals surface area (Å²) >= 11 is 1.70. The summed E-state index contributed by atoms with van der Waals surface area (Å²) < 4.78 is 4.86. The molecule has 0 saturated heterocycles. The van der Waals surface area contributed by atoms with Gasteiger partial charge in [0, 0.05) is 18.1 Å². The molecule has 1 aromatic rings. The van der Waals surface area contributed by atoms with Gasteiger partial charge in [0.1, 0.15) is 5.54 Å². The third-order valence-corrected chi connectivity index (χ3v) is 3.98. The Morgan fingerprint density at radius 2 is 2.37 bits per heavy atom. The number of imidazole rings is 1. The first-order valence-corrected chi connectivity index (χ1v) is 7.56. The van der Waals surface area contributed by atoms with Crippen molar-refractivity contribution >= 4 is 17.7 Å². The molecule has 0 aromatic carbocycles. The third kappa shape index (κ3) is 5.24. The van der Waals surface area contributed by atoms with Gasteiger partial charge in [0.25, 0.3) is 0 Å². The number of hydrogen-bond acceptors (Lipinski definition) is 5. The zero-order valence-corrected chi connectivity index (χ0v) is 12.7. The highest BCUT2D eigenvalue weighted by atomic mass is 32.2. The molecule has 108 valence electrons. The van der Waals surface area contributed by atoms with Crippen molar-refractivity contribution in [1.82, 2.24) is 15.3 Å². The van der Waals surface area contributed by atoms with E-state index in [1.807, 2.05) is 20.0 Å². The lowest BCUT2D eigenvalue weighted by atomic mass is 9.95. The van der Waals surface area contributed by atoms with E-state index < -0.39 is 5.54 Å². The maximum Gasteiger partial charge on any atom is 0.325 e. The Hall–Kier alpha value is -1.01. The Labute approximate surface area is 118 Å². The summed E-state index contributed by atoms with van der Waals surface area (Å²) in [6.07, 6.45) is 6.38. The monoisotopic (exact) mass is 285 g/mol. The molecule has 1 atom stereocenters. The molecule has 0 spiro atoms. The van der Waals surface area contributed by atoms with Crippen LogP contribution >= 0.6 is 11.8 Å². The third-order valence-electron chi connectivity index (χ3n) is 2.99. The second-order valence-electron chi connectivity index (χ2n) is 4.55. The first kappa shape index (κ1) is 16.0. The molecule has 2 N–H and O–H groups in total. The molecule has 0 fully saturated rings. The summed E-state index contributed by atoms with van der Waals surface area (Å²) in [5.74, 6) is 0.810. The zero-order valence-electron chi connectivity index (χ0n) is 11.9. The van der Waals surface area contributed by atoms with E-state index in [9.17, 15) is 4.79 Å². The molecule has 0 saturated carbocycles. The van der Waals surface area contributed by atoms with Crippen LogP contribution in [-0.2, 0) is 9.53 Å². The molecule has 0 aliphatic rings. The van der Waals surface area contributed by atoms with Crippen LogP contribution in [0, 0.1) is 0 Å². The van der Waals surface area contributed by atoms with E-state index in [-0.39, 0.29) is 5.97 Å². The van der Waals surface area contributed by atoms with E-state index in [0.29, 0.717) is 0 Å². The van der Waals surface area contributed by atoms with Crippen LogP contribution in [0.25, 0.3) is 0 Å². The van der Waals surface area contributed by atoms with Crippen LogP contribution in [0.4, 0.5) is 0 Å². The van der Waals surface area contributed by atoms with Crippen LogP contribution in [0.1, 0.15) is 33.1 Å². The van der Waals surface area contributed by atoms with Crippen LogP contribution in [0.3, 0.4) is 0 Å². The number of H-pyrrole nitrogens is 1. The molecule has 1 rings (SSSR count). The summed E-state index contributed by atoms with van der Waals surface area (Å²) in [6, 6.07) is 0. The Bertz CT molecular complexity index is 370. The largest absolute Gasteiger partial charge is 0.468 e. The second kappa shape index (κ2) is 8.22. The highest BCUT2D eigenvalue weighted by Crippen LogP contribution is 2.19. The van der Waals surface area contributed by atoms with E-state index in [1.165, 1.54) is 7.11 Å². The highest BCUT2D eigenvalue weighted by Gasteiger charge is 2.32. The number of unbranched alkanes of at least 4 members (excludes halogenated alkanes) is 1. The van der Waals surface area contributed by atoms with Gasteiger partial charge in [-0.05, 0) is 26.3 Å². The van der Waals surface area contributed by atoms with Gasteiger partial charge >= 0.3 is 5.97 Å². The van der Waals surface area contributed by atoms with Crippen molar-refractivity contribution in [2.45, 2.75) is 43.8 Å². The van der Waals surface area contributed by atoms with Crippen LogP contribution in [-0.4, -0.2) is 40.9 Å². The van der Waals surface area contributed by atoms with Gasteiger partial charge in [0.15, 0.2) is 5.16 Å². The molecule has 0 bridgehead atoms. The van der Waals surface area contributed by atoms with E-state index in [0.717, 1.165) is 36.7 Å². The fourth-order valence-electron chi connectivity index (χ4n) is 1.96. The van der Waals surface area contributed by atoms with Gasteiger partial charge in [-0.15, -0.1) is 0 Å². The van der Waals surface area contributed by atoms with Gasteiger partial charge in [-0.25, -0.2) is 4.98 Å². The fourth-order valence-corrected chi connectivity index (χ4v) is 2.79. The minimum absolute atomic E-state index is 0.187. The van der Waals surface area contributed by atoms with Crippen LogP contribution in [0.5, 0.6) is 0 Å². The highest BCUT2D eigenvalue weighted by molar-refractivity contribution is 7.99. The number of carbonyl (C=O) groups is 1. The van der Waals surface area contributed by atoms with E-state index in [2.05, 4.69) is 15.3 Å². The lowest BCUT2D eigenvalue weighted by Crippen LogP contribution is -2.50. The minimum atomic E-state index is -0.571. The van der Waals surface area contributed by atoms with Gasteiger partial charge in [-0.3, -0.25) is 4.79 Å². The summed E-state index contributed by atoms with van der Waals surface area (Å²) in [5, 5.41) is 4.16. The van der Waals surface area contributed by atoms with Gasteiger partial charge in [-0.1, -0.05) is 25.1 Å². The van der Waals surface area contributed by atoms with Crippen molar-refractivity contribution < 1.29 is 9.53 Å². The minimum Gasteiger partial charge on any atom is -0.468 e. The van der Waals surface area contributed by atoms with Crippen molar-refractivity contribution in [3.8, 4) is 0 Å². The van der Waals surface area contributed by atoms with Crippen LogP contribution < -0.4 is 5.32 Å². The van der Waals surface area contributed by atoms with E-state index >= 15 is 0 Å². The van der Waals surface area contributed by atoms with Crippen molar-refractivity contribution in [3.05, 3.63) is 12.4 Å². The molecule has 1 heterocycles. The molecule has 19 heavy (non-hydrogen) atoms. The smallest absolute Gasteiger partial charge is 0.325 e. The predicted octanol–water partition coefficient (Wildman–Crippen LogP) is 2.21. The van der Waals surface area contributed by atoms with Crippen molar-refractivity contribution in [2.75, 3.05) is 19.4 Å². The lowest BCUT2D eigenvalue weighted by Gasteiger charge is -2.27. The number of esters is 1. The lowest BCUT2D eigenvalue weighted by molar-refractivity contribution is -0.148. The van der Waals surface area contributed by atoms with Crippen molar-refractivity contribution in [1.29, 1.82) is 0 Å². The average Bonchev–Trinajstić information content (AvgIpc) is 2.91. The van der Waals surface area contributed by atoms with Crippen LogP contribution in [0.15, 0.2) is 17.6 Å². The number of aromatic amines is 1. The fraction of sp³-hybridized carbons (Fsp3) is 0.692. The summed E-state index contributed by atoms with van der Waals surface area (Å²) in [5.41, 5.74) is -0.571. The molecule has 0 radical (unpaired) electrons. The van der Waals surface area contributed by atoms with E-state index in [1.54, 1.807) is 18.0 Å². The molecule has 0 aliphatic carbocycles. The van der Waals surface area contributed by atoms with Gasteiger partial charge in [0.05, 0.1) is 7.11 Å².